The van der Waals surface area contributed by atoms with Crippen molar-refractivity contribution in [2.75, 3.05) is 0 Å². The number of rotatable bonds is 7. The molecule has 1 heterocycles. The van der Waals surface area contributed by atoms with Gasteiger partial charge < -0.3 is 18.5 Å². The Balaban J connectivity index is 1.69. The van der Waals surface area contributed by atoms with Crippen LogP contribution in [0, 0.1) is 6.92 Å². The Morgan fingerprint density at radius 3 is 1.94 bits per heavy atom. The molecule has 0 saturated carbocycles. The molecule has 4 rings (SSSR count). The highest BCUT2D eigenvalue weighted by Crippen LogP contribution is 2.66. The van der Waals surface area contributed by atoms with Gasteiger partial charge in [0.2, 0.25) is 5.79 Å². The summed E-state index contributed by atoms with van der Waals surface area (Å²) in [5.74, 6) is -1.22. The van der Waals surface area contributed by atoms with Gasteiger partial charge in [-0.2, -0.15) is 0 Å². The Hall–Kier alpha value is -2.43. The highest BCUT2D eigenvalue weighted by atomic mass is 31.2. The van der Waals surface area contributed by atoms with Crippen molar-refractivity contribution in [3.05, 3.63) is 101 Å². The standard InChI is InChI=1S/C25H27O5P/c1-19-11-10-16-22-23(19)29-25(2,3)30-24(22)31(26,27-17-20-12-6-4-7-13-20)28-18-21-14-8-5-9-15-21/h4-16,24H,17-18H2,1-3H3. The summed E-state index contributed by atoms with van der Waals surface area (Å²) in [5.41, 5.74) is 3.42. The summed E-state index contributed by atoms with van der Waals surface area (Å²) >= 11 is 0. The maximum absolute atomic E-state index is 14.3. The number of hydrogen-bond acceptors (Lipinski definition) is 5. The van der Waals surface area contributed by atoms with E-state index in [1.807, 2.05) is 85.8 Å². The molecule has 0 fully saturated rings. The van der Waals surface area contributed by atoms with Gasteiger partial charge in [0.15, 0.2) is 5.85 Å². The number of benzene rings is 3. The van der Waals surface area contributed by atoms with E-state index in [0.29, 0.717) is 11.3 Å². The van der Waals surface area contributed by atoms with Gasteiger partial charge in [-0.15, -0.1) is 0 Å². The lowest BCUT2D eigenvalue weighted by Crippen LogP contribution is -2.38. The van der Waals surface area contributed by atoms with Crippen LogP contribution in [0.25, 0.3) is 0 Å². The van der Waals surface area contributed by atoms with Crippen molar-refractivity contribution in [2.45, 2.75) is 45.6 Å². The van der Waals surface area contributed by atoms with Gasteiger partial charge in [-0.1, -0.05) is 78.9 Å². The Labute approximate surface area is 183 Å². The molecular formula is C25H27O5P. The van der Waals surface area contributed by atoms with E-state index < -0.39 is 19.2 Å². The van der Waals surface area contributed by atoms with Crippen molar-refractivity contribution in [2.24, 2.45) is 0 Å². The zero-order valence-corrected chi connectivity index (χ0v) is 18.9. The highest BCUT2D eigenvalue weighted by Gasteiger charge is 2.47. The van der Waals surface area contributed by atoms with Crippen molar-refractivity contribution < 1.29 is 23.1 Å². The van der Waals surface area contributed by atoms with Crippen LogP contribution in [0.1, 0.15) is 41.9 Å². The lowest BCUT2D eigenvalue weighted by atomic mass is 10.1. The van der Waals surface area contributed by atoms with Crippen molar-refractivity contribution >= 4 is 7.60 Å². The maximum atomic E-state index is 14.3. The summed E-state index contributed by atoms with van der Waals surface area (Å²) in [5, 5.41) is 0. The Morgan fingerprint density at radius 2 is 1.39 bits per heavy atom. The second-order valence-corrected chi connectivity index (χ2v) is 10.1. The van der Waals surface area contributed by atoms with Crippen molar-refractivity contribution in [1.29, 1.82) is 0 Å². The fourth-order valence-corrected chi connectivity index (χ4v) is 5.43. The van der Waals surface area contributed by atoms with Crippen LogP contribution in [-0.4, -0.2) is 5.79 Å². The molecule has 0 aromatic heterocycles. The summed E-state index contributed by atoms with van der Waals surface area (Å²) in [6.07, 6.45) is 0. The molecule has 0 saturated heterocycles. The van der Waals surface area contributed by atoms with Crippen molar-refractivity contribution in [3.63, 3.8) is 0 Å². The van der Waals surface area contributed by atoms with Gasteiger partial charge in [0.25, 0.3) is 0 Å². The second kappa shape index (κ2) is 8.97. The summed E-state index contributed by atoms with van der Waals surface area (Å²) < 4.78 is 38.5. The van der Waals surface area contributed by atoms with Gasteiger partial charge >= 0.3 is 7.60 Å². The lowest BCUT2D eigenvalue weighted by molar-refractivity contribution is -0.191. The average molecular weight is 438 g/mol. The van der Waals surface area contributed by atoms with Gasteiger partial charge in [0, 0.05) is 19.4 Å². The number of fused-ring (bicyclic) bond motifs is 1. The molecule has 31 heavy (non-hydrogen) atoms. The van der Waals surface area contributed by atoms with E-state index in [9.17, 15) is 4.57 Å². The van der Waals surface area contributed by atoms with Crippen LogP contribution in [0.2, 0.25) is 0 Å². The van der Waals surface area contributed by atoms with Crippen LogP contribution >= 0.6 is 7.60 Å². The number of hydrogen-bond donors (Lipinski definition) is 0. The van der Waals surface area contributed by atoms with Gasteiger partial charge in [0.05, 0.1) is 13.2 Å². The smallest absolute Gasteiger partial charge is 0.364 e. The highest BCUT2D eigenvalue weighted by molar-refractivity contribution is 7.54. The molecule has 0 N–H and O–H groups in total. The first kappa shape index (κ1) is 21.8. The Bertz CT molecular complexity index is 1020. The van der Waals surface area contributed by atoms with E-state index >= 15 is 0 Å². The minimum atomic E-state index is -3.76. The number of ether oxygens (including phenoxy) is 2. The van der Waals surface area contributed by atoms with E-state index in [4.69, 9.17) is 18.5 Å². The monoisotopic (exact) mass is 438 g/mol. The molecule has 3 aromatic carbocycles. The molecule has 1 unspecified atom stereocenters. The van der Waals surface area contributed by atoms with Crippen LogP contribution in [0.3, 0.4) is 0 Å². The summed E-state index contributed by atoms with van der Waals surface area (Å²) in [6.45, 7) is 5.85. The lowest BCUT2D eigenvalue weighted by Gasteiger charge is -2.40. The SMILES string of the molecule is Cc1cccc2c1OC(C)(C)OC2P(=O)(OCc1ccccc1)OCc1ccccc1. The van der Waals surface area contributed by atoms with Gasteiger partial charge in [-0.25, -0.2) is 0 Å². The number of aryl methyl sites for hydroxylation is 1. The van der Waals surface area contributed by atoms with Gasteiger partial charge in [-0.05, 0) is 23.6 Å². The maximum Gasteiger partial charge on any atom is 0.364 e. The number of para-hydroxylation sites is 1. The molecular weight excluding hydrogens is 411 g/mol. The van der Waals surface area contributed by atoms with Crippen molar-refractivity contribution in [1.82, 2.24) is 0 Å². The summed E-state index contributed by atoms with van der Waals surface area (Å²) in [4.78, 5) is 0. The second-order valence-electron chi connectivity index (χ2n) is 8.02. The van der Waals surface area contributed by atoms with E-state index in [-0.39, 0.29) is 13.2 Å². The quantitative estimate of drug-likeness (QED) is 0.381. The van der Waals surface area contributed by atoms with Crippen LogP contribution < -0.4 is 4.74 Å². The van der Waals surface area contributed by atoms with Gasteiger partial charge in [-0.3, -0.25) is 4.57 Å². The molecule has 0 amide bonds. The van der Waals surface area contributed by atoms with E-state index in [2.05, 4.69) is 0 Å². The molecule has 162 valence electrons. The van der Waals surface area contributed by atoms with E-state index in [1.54, 1.807) is 13.8 Å². The predicted octanol–water partition coefficient (Wildman–Crippen LogP) is 6.77. The molecule has 0 aliphatic carbocycles. The first-order valence-electron chi connectivity index (χ1n) is 10.3. The zero-order valence-electron chi connectivity index (χ0n) is 18.0. The summed E-state index contributed by atoms with van der Waals surface area (Å²) in [6, 6.07) is 24.9. The fraction of sp³-hybridized carbons (Fsp3) is 0.280. The third-order valence-electron chi connectivity index (χ3n) is 5.05. The van der Waals surface area contributed by atoms with Crippen LogP contribution in [0.5, 0.6) is 5.75 Å². The minimum absolute atomic E-state index is 0.148. The molecule has 1 aliphatic rings. The third-order valence-corrected chi connectivity index (χ3v) is 6.98. The van der Waals surface area contributed by atoms with E-state index in [1.165, 1.54) is 0 Å². The largest absolute Gasteiger partial charge is 0.462 e. The zero-order chi connectivity index (χ0) is 21.9. The van der Waals surface area contributed by atoms with Crippen LogP contribution in [-0.2, 0) is 31.6 Å². The van der Waals surface area contributed by atoms with Crippen LogP contribution in [0.4, 0.5) is 0 Å². The molecule has 6 heteroatoms. The minimum Gasteiger partial charge on any atom is -0.462 e. The summed E-state index contributed by atoms with van der Waals surface area (Å²) in [7, 11) is -3.76. The van der Waals surface area contributed by atoms with Gasteiger partial charge in [0.1, 0.15) is 5.75 Å². The molecule has 3 aromatic rings. The first-order chi connectivity index (χ1) is 14.9. The van der Waals surface area contributed by atoms with E-state index in [0.717, 1.165) is 16.7 Å². The molecule has 1 atom stereocenters. The fourth-order valence-electron chi connectivity index (χ4n) is 3.50. The predicted molar refractivity (Wildman–Crippen MR) is 120 cm³/mol. The molecule has 0 bridgehead atoms. The Morgan fingerprint density at radius 1 is 0.839 bits per heavy atom. The molecule has 1 aliphatic heterocycles. The average Bonchev–Trinajstić information content (AvgIpc) is 2.77. The molecule has 5 nitrogen and oxygen atoms in total. The van der Waals surface area contributed by atoms with Crippen LogP contribution in [0.15, 0.2) is 78.9 Å². The van der Waals surface area contributed by atoms with Crippen molar-refractivity contribution in [3.8, 4) is 5.75 Å². The Kier molecular flexibility index (Phi) is 6.31. The molecule has 0 radical (unpaired) electrons. The first-order valence-corrected chi connectivity index (χ1v) is 11.9. The normalized spacial score (nSPS) is 17.6. The topological polar surface area (TPSA) is 54.0 Å². The molecule has 0 spiro atoms. The third kappa shape index (κ3) is 5.08.